The molecule has 0 radical (unpaired) electrons. The number of anilines is 1. The van der Waals surface area contributed by atoms with Crippen LogP contribution in [0.5, 0.6) is 0 Å². The lowest BCUT2D eigenvalue weighted by molar-refractivity contribution is -0.126. The number of carbonyl (C=O) groups is 2. The molecule has 28 heavy (non-hydrogen) atoms. The highest BCUT2D eigenvalue weighted by Crippen LogP contribution is 2.21. The minimum atomic E-state index is -0.111. The van der Waals surface area contributed by atoms with Crippen molar-refractivity contribution in [1.82, 2.24) is 20.1 Å². The van der Waals surface area contributed by atoms with Gasteiger partial charge < -0.3 is 20.0 Å². The molecule has 1 N–H and O–H groups in total. The molecule has 3 fully saturated rings. The first-order chi connectivity index (χ1) is 13.7. The van der Waals surface area contributed by atoms with Gasteiger partial charge in [-0.1, -0.05) is 0 Å². The van der Waals surface area contributed by atoms with E-state index in [2.05, 4.69) is 21.3 Å². The molecule has 3 amide bonds. The van der Waals surface area contributed by atoms with Gasteiger partial charge in [-0.2, -0.15) is 0 Å². The molecule has 3 aliphatic rings. The topological polar surface area (TPSA) is 68.8 Å². The quantitative estimate of drug-likeness (QED) is 0.863. The van der Waals surface area contributed by atoms with Gasteiger partial charge in [-0.25, -0.2) is 9.78 Å². The number of urea groups is 1. The van der Waals surface area contributed by atoms with Crippen molar-refractivity contribution in [2.24, 2.45) is 5.92 Å². The Hall–Kier alpha value is -2.31. The normalized spacial score (nSPS) is 22.6. The van der Waals surface area contributed by atoms with Gasteiger partial charge in [-0.05, 0) is 56.2 Å². The van der Waals surface area contributed by atoms with Crippen LogP contribution >= 0.6 is 0 Å². The highest BCUT2D eigenvalue weighted by atomic mass is 16.2. The van der Waals surface area contributed by atoms with E-state index < -0.39 is 0 Å². The Morgan fingerprint density at radius 2 is 1.71 bits per heavy atom. The molecular formula is C21H31N5O2. The molecule has 3 saturated heterocycles. The van der Waals surface area contributed by atoms with Gasteiger partial charge in [-0.3, -0.25) is 4.79 Å². The Morgan fingerprint density at radius 1 is 1.00 bits per heavy atom. The molecule has 3 aliphatic heterocycles. The molecule has 1 unspecified atom stereocenters. The maximum atomic E-state index is 12.7. The third-order valence-corrected chi connectivity index (χ3v) is 6.15. The van der Waals surface area contributed by atoms with Crippen molar-refractivity contribution in [2.75, 3.05) is 44.2 Å². The summed E-state index contributed by atoms with van der Waals surface area (Å²) in [6, 6.07) is 4.15. The van der Waals surface area contributed by atoms with Crippen LogP contribution in [0.1, 0.15) is 44.1 Å². The van der Waals surface area contributed by atoms with Gasteiger partial charge in [0.1, 0.15) is 5.82 Å². The molecule has 1 aromatic rings. The van der Waals surface area contributed by atoms with Gasteiger partial charge >= 0.3 is 6.03 Å². The monoisotopic (exact) mass is 385 g/mol. The van der Waals surface area contributed by atoms with Gasteiger partial charge in [0.05, 0.1) is 5.92 Å². The number of rotatable bonds is 4. The van der Waals surface area contributed by atoms with Gasteiger partial charge in [0.2, 0.25) is 5.91 Å². The van der Waals surface area contributed by atoms with Gasteiger partial charge in [-0.15, -0.1) is 0 Å². The Bertz CT molecular complexity index is 698. The molecule has 1 atom stereocenters. The van der Waals surface area contributed by atoms with E-state index in [-0.39, 0.29) is 17.9 Å². The van der Waals surface area contributed by atoms with Crippen molar-refractivity contribution >= 4 is 17.8 Å². The summed E-state index contributed by atoms with van der Waals surface area (Å²) in [5.74, 6) is 0.947. The van der Waals surface area contributed by atoms with E-state index in [4.69, 9.17) is 0 Å². The van der Waals surface area contributed by atoms with Crippen molar-refractivity contribution in [3.05, 3.63) is 23.9 Å². The summed E-state index contributed by atoms with van der Waals surface area (Å²) < 4.78 is 0. The molecule has 4 rings (SSSR count). The van der Waals surface area contributed by atoms with Crippen LogP contribution in [-0.4, -0.2) is 66.0 Å². The van der Waals surface area contributed by atoms with Crippen molar-refractivity contribution < 1.29 is 9.59 Å². The Kier molecular flexibility index (Phi) is 5.98. The lowest BCUT2D eigenvalue weighted by Gasteiger charge is -2.34. The molecule has 1 aromatic heterocycles. The Balaban J connectivity index is 1.29. The molecule has 0 aliphatic carbocycles. The number of nitrogens with zero attached hydrogens (tertiary/aromatic N) is 4. The van der Waals surface area contributed by atoms with E-state index in [0.29, 0.717) is 13.1 Å². The zero-order valence-corrected chi connectivity index (χ0v) is 16.6. The third kappa shape index (κ3) is 4.39. The molecule has 152 valence electrons. The summed E-state index contributed by atoms with van der Waals surface area (Å²) in [5.41, 5.74) is 1.08. The van der Waals surface area contributed by atoms with Crippen molar-refractivity contribution in [1.29, 1.82) is 0 Å². The number of hydrogen-bond donors (Lipinski definition) is 1. The van der Waals surface area contributed by atoms with Crippen LogP contribution in [0.25, 0.3) is 0 Å². The smallest absolute Gasteiger partial charge is 0.320 e. The predicted octanol–water partition coefficient (Wildman–Crippen LogP) is 2.23. The number of pyridine rings is 1. The zero-order valence-electron chi connectivity index (χ0n) is 16.6. The number of likely N-dealkylation sites (tertiary alicyclic amines) is 2. The maximum Gasteiger partial charge on any atom is 0.320 e. The molecule has 0 saturated carbocycles. The second-order valence-corrected chi connectivity index (χ2v) is 8.20. The van der Waals surface area contributed by atoms with Crippen LogP contribution in [0.3, 0.4) is 0 Å². The van der Waals surface area contributed by atoms with Crippen LogP contribution in [0.4, 0.5) is 10.6 Å². The van der Waals surface area contributed by atoms with Crippen molar-refractivity contribution in [2.45, 2.75) is 45.1 Å². The predicted molar refractivity (Wildman–Crippen MR) is 108 cm³/mol. The number of hydrogen-bond acceptors (Lipinski definition) is 4. The summed E-state index contributed by atoms with van der Waals surface area (Å²) in [5, 5.41) is 3.08. The van der Waals surface area contributed by atoms with Crippen LogP contribution in [0.15, 0.2) is 18.3 Å². The Morgan fingerprint density at radius 3 is 2.50 bits per heavy atom. The van der Waals surface area contributed by atoms with E-state index in [1.807, 2.05) is 22.1 Å². The molecule has 0 bridgehead atoms. The summed E-state index contributed by atoms with van der Waals surface area (Å²) in [6.45, 7) is 5.65. The highest BCUT2D eigenvalue weighted by Gasteiger charge is 2.31. The minimum absolute atomic E-state index is 0.0541. The molecule has 0 aromatic carbocycles. The number of amides is 3. The van der Waals surface area contributed by atoms with Gasteiger partial charge in [0.25, 0.3) is 0 Å². The van der Waals surface area contributed by atoms with Crippen LogP contribution in [0, 0.1) is 5.92 Å². The molecule has 4 heterocycles. The first-order valence-corrected chi connectivity index (χ1v) is 10.7. The fraction of sp³-hybridized carbons (Fsp3) is 0.667. The summed E-state index contributed by atoms with van der Waals surface area (Å²) >= 11 is 0. The number of carbonyl (C=O) groups excluding carboxylic acids is 2. The van der Waals surface area contributed by atoms with Crippen molar-refractivity contribution in [3.8, 4) is 0 Å². The van der Waals surface area contributed by atoms with Crippen molar-refractivity contribution in [3.63, 3.8) is 0 Å². The van der Waals surface area contributed by atoms with Crippen LogP contribution < -0.4 is 10.2 Å². The second kappa shape index (κ2) is 8.80. The number of piperidine rings is 1. The first-order valence-electron chi connectivity index (χ1n) is 10.7. The molecular weight excluding hydrogens is 354 g/mol. The van der Waals surface area contributed by atoms with Gasteiger partial charge in [0.15, 0.2) is 0 Å². The van der Waals surface area contributed by atoms with E-state index in [1.54, 1.807) is 0 Å². The molecule has 7 heteroatoms. The fourth-order valence-corrected chi connectivity index (χ4v) is 4.50. The number of aromatic nitrogens is 1. The van der Waals surface area contributed by atoms with E-state index >= 15 is 0 Å². The van der Waals surface area contributed by atoms with Crippen LogP contribution in [-0.2, 0) is 11.3 Å². The SMILES string of the molecule is O=C(NCc1ccnc(N2CCCC2)c1)C1CCCN(C(=O)N2CCCC2)C1. The minimum Gasteiger partial charge on any atom is -0.357 e. The average molecular weight is 386 g/mol. The second-order valence-electron chi connectivity index (χ2n) is 8.20. The van der Waals surface area contributed by atoms with Crippen LogP contribution in [0.2, 0.25) is 0 Å². The standard InChI is InChI=1S/C21H31N5O2/c27-20(18-6-5-13-26(16-18)21(28)25-11-3-4-12-25)23-15-17-7-8-22-19(14-17)24-9-1-2-10-24/h7-8,14,18H,1-6,9-13,15-16H2,(H,23,27). The lowest BCUT2D eigenvalue weighted by atomic mass is 9.97. The maximum absolute atomic E-state index is 12.7. The van der Waals surface area contributed by atoms with E-state index in [1.165, 1.54) is 12.8 Å². The molecule has 7 nitrogen and oxygen atoms in total. The largest absolute Gasteiger partial charge is 0.357 e. The van der Waals surface area contributed by atoms with Gasteiger partial charge in [0, 0.05) is 52.0 Å². The summed E-state index contributed by atoms with van der Waals surface area (Å²) in [7, 11) is 0. The third-order valence-electron chi connectivity index (χ3n) is 6.15. The lowest BCUT2D eigenvalue weighted by Crippen LogP contribution is -2.49. The summed E-state index contributed by atoms with van der Waals surface area (Å²) in [6.07, 6.45) is 8.20. The molecule has 0 spiro atoms. The van der Waals surface area contributed by atoms with E-state index in [9.17, 15) is 9.59 Å². The zero-order chi connectivity index (χ0) is 19.3. The van der Waals surface area contributed by atoms with E-state index in [0.717, 1.165) is 69.8 Å². The number of nitrogens with one attached hydrogen (secondary N) is 1. The first kappa shape index (κ1) is 19.0. The Labute approximate surface area is 167 Å². The average Bonchev–Trinajstić information content (AvgIpc) is 3.46. The fourth-order valence-electron chi connectivity index (χ4n) is 4.50. The summed E-state index contributed by atoms with van der Waals surface area (Å²) in [4.78, 5) is 35.9. The highest BCUT2D eigenvalue weighted by molar-refractivity contribution is 5.81.